The Hall–Kier alpha value is -1.38. The van der Waals surface area contributed by atoms with E-state index in [1.807, 2.05) is 0 Å². The van der Waals surface area contributed by atoms with Gasteiger partial charge in [-0.25, -0.2) is 12.8 Å². The lowest BCUT2D eigenvalue weighted by atomic mass is 10.3. The lowest BCUT2D eigenvalue weighted by molar-refractivity contribution is -0.141. The minimum absolute atomic E-state index is 0.00162. The van der Waals surface area contributed by atoms with E-state index in [0.29, 0.717) is 0 Å². The number of anilines is 1. The van der Waals surface area contributed by atoms with E-state index in [1.54, 1.807) is 13.8 Å². The van der Waals surface area contributed by atoms with Crippen LogP contribution >= 0.6 is 11.6 Å². The van der Waals surface area contributed by atoms with Crippen molar-refractivity contribution in [1.29, 1.82) is 0 Å². The van der Waals surface area contributed by atoms with Crippen LogP contribution in [0.4, 0.5) is 10.1 Å². The fraction of sp³-hybridized carbons (Fsp3) is 0.417. The van der Waals surface area contributed by atoms with Crippen LogP contribution in [0.25, 0.3) is 0 Å². The molecular formula is C12H16ClFN2O4S. The van der Waals surface area contributed by atoms with Crippen molar-refractivity contribution in [2.24, 2.45) is 0 Å². The minimum Gasteiger partial charge on any atom is -0.468 e. The zero-order chi connectivity index (χ0) is 16.4. The van der Waals surface area contributed by atoms with Gasteiger partial charge in [0.25, 0.3) is 0 Å². The van der Waals surface area contributed by atoms with Crippen LogP contribution in [0.5, 0.6) is 0 Å². The second kappa shape index (κ2) is 6.59. The molecule has 0 unspecified atom stereocenters. The third-order valence-electron chi connectivity index (χ3n) is 2.69. The first-order valence-corrected chi connectivity index (χ1v) is 7.76. The molecule has 0 saturated carbocycles. The first-order chi connectivity index (χ1) is 9.61. The van der Waals surface area contributed by atoms with Gasteiger partial charge in [-0.15, -0.1) is 0 Å². The van der Waals surface area contributed by atoms with Crippen molar-refractivity contribution in [3.63, 3.8) is 0 Å². The SMILES string of the molecule is COC(=O)CN(C(C)C)S(=O)(=O)c1cc(N)cc(Cl)c1F. The number of sulfonamides is 1. The molecule has 9 heteroatoms. The van der Waals surface area contributed by atoms with E-state index in [9.17, 15) is 17.6 Å². The lowest BCUT2D eigenvalue weighted by Crippen LogP contribution is -2.41. The second-order valence-electron chi connectivity index (χ2n) is 4.53. The van der Waals surface area contributed by atoms with Gasteiger partial charge in [-0.2, -0.15) is 4.31 Å². The molecule has 1 rings (SSSR count). The van der Waals surface area contributed by atoms with Crippen molar-refractivity contribution in [2.45, 2.75) is 24.8 Å². The molecule has 0 atom stereocenters. The van der Waals surface area contributed by atoms with Crippen molar-refractivity contribution in [1.82, 2.24) is 4.31 Å². The minimum atomic E-state index is -4.29. The molecular weight excluding hydrogens is 323 g/mol. The number of halogens is 2. The average molecular weight is 339 g/mol. The Morgan fingerprint density at radius 1 is 1.48 bits per heavy atom. The van der Waals surface area contributed by atoms with Gasteiger partial charge < -0.3 is 10.5 Å². The molecule has 1 aromatic rings. The Bertz CT molecular complexity index is 649. The van der Waals surface area contributed by atoms with Crippen LogP contribution < -0.4 is 5.73 Å². The molecule has 0 aliphatic carbocycles. The van der Waals surface area contributed by atoms with Crippen LogP contribution in [0.3, 0.4) is 0 Å². The molecule has 118 valence electrons. The molecule has 6 nitrogen and oxygen atoms in total. The first kappa shape index (κ1) is 17.7. The molecule has 1 aromatic carbocycles. The topological polar surface area (TPSA) is 89.7 Å². The highest BCUT2D eigenvalue weighted by molar-refractivity contribution is 7.89. The first-order valence-electron chi connectivity index (χ1n) is 5.94. The molecule has 0 radical (unpaired) electrons. The van der Waals surface area contributed by atoms with Crippen molar-refractivity contribution < 1.29 is 22.3 Å². The third kappa shape index (κ3) is 3.84. The number of nitrogens with zero attached hydrogens (tertiary/aromatic N) is 1. The van der Waals surface area contributed by atoms with E-state index in [0.717, 1.165) is 23.5 Å². The van der Waals surface area contributed by atoms with Crippen LogP contribution in [-0.2, 0) is 19.6 Å². The molecule has 2 N–H and O–H groups in total. The highest BCUT2D eigenvalue weighted by Gasteiger charge is 2.32. The monoisotopic (exact) mass is 338 g/mol. The van der Waals surface area contributed by atoms with E-state index >= 15 is 0 Å². The summed E-state index contributed by atoms with van der Waals surface area (Å²) in [5.74, 6) is -1.87. The third-order valence-corrected chi connectivity index (χ3v) is 4.99. The van der Waals surface area contributed by atoms with Gasteiger partial charge >= 0.3 is 5.97 Å². The molecule has 0 saturated heterocycles. The van der Waals surface area contributed by atoms with Gasteiger partial charge in [-0.05, 0) is 26.0 Å². The van der Waals surface area contributed by atoms with Gasteiger partial charge in [-0.3, -0.25) is 4.79 Å². The van der Waals surface area contributed by atoms with Gasteiger partial charge in [0.2, 0.25) is 10.0 Å². The number of carbonyl (C=O) groups is 1. The summed E-state index contributed by atoms with van der Waals surface area (Å²) in [6, 6.07) is 1.48. The van der Waals surface area contributed by atoms with Crippen LogP contribution in [-0.4, -0.2) is 38.4 Å². The number of nitrogen functional groups attached to an aromatic ring is 1. The molecule has 21 heavy (non-hydrogen) atoms. The number of methoxy groups -OCH3 is 1. The van der Waals surface area contributed by atoms with Crippen LogP contribution in [0.1, 0.15) is 13.8 Å². The Morgan fingerprint density at radius 3 is 2.52 bits per heavy atom. The summed E-state index contributed by atoms with van der Waals surface area (Å²) in [4.78, 5) is 10.7. The fourth-order valence-corrected chi connectivity index (χ4v) is 3.62. The van der Waals surface area contributed by atoms with Gasteiger partial charge in [0, 0.05) is 11.7 Å². The van der Waals surface area contributed by atoms with E-state index in [2.05, 4.69) is 4.74 Å². The maximum Gasteiger partial charge on any atom is 0.321 e. The predicted octanol–water partition coefficient (Wildman–Crippen LogP) is 1.63. The van der Waals surface area contributed by atoms with Crippen molar-refractivity contribution >= 4 is 33.3 Å². The van der Waals surface area contributed by atoms with Crippen molar-refractivity contribution in [2.75, 3.05) is 19.4 Å². The Labute approximate surface area is 127 Å². The predicted molar refractivity (Wildman–Crippen MR) is 76.9 cm³/mol. The zero-order valence-corrected chi connectivity index (χ0v) is 13.3. The number of nitrogens with two attached hydrogens (primary N) is 1. The van der Waals surface area contributed by atoms with Gasteiger partial charge in [0.15, 0.2) is 5.82 Å². The van der Waals surface area contributed by atoms with Crippen LogP contribution in [0.15, 0.2) is 17.0 Å². The maximum absolute atomic E-state index is 14.0. The van der Waals surface area contributed by atoms with Crippen molar-refractivity contribution in [3.05, 3.63) is 23.0 Å². The molecule has 0 amide bonds. The molecule has 0 heterocycles. The molecule has 0 aliphatic rings. The van der Waals surface area contributed by atoms with E-state index in [1.165, 1.54) is 0 Å². The number of ether oxygens (including phenoxy) is 1. The van der Waals surface area contributed by atoms with Crippen molar-refractivity contribution in [3.8, 4) is 0 Å². The van der Waals surface area contributed by atoms with Crippen LogP contribution in [0, 0.1) is 5.82 Å². The summed E-state index contributed by atoms with van der Waals surface area (Å²) in [5, 5.41) is -0.407. The molecule has 0 spiro atoms. The maximum atomic E-state index is 14.0. The fourth-order valence-electron chi connectivity index (χ4n) is 1.63. The number of hydrogen-bond donors (Lipinski definition) is 1. The number of esters is 1. The molecule has 0 aliphatic heterocycles. The molecule has 0 fully saturated rings. The van der Waals surface area contributed by atoms with Gasteiger partial charge in [-0.1, -0.05) is 11.6 Å². The lowest BCUT2D eigenvalue weighted by Gasteiger charge is -2.25. The summed E-state index contributed by atoms with van der Waals surface area (Å²) >= 11 is 5.61. The van der Waals surface area contributed by atoms with Gasteiger partial charge in [0.1, 0.15) is 11.4 Å². The number of benzene rings is 1. The Morgan fingerprint density at radius 2 is 2.05 bits per heavy atom. The van der Waals surface area contributed by atoms with E-state index in [-0.39, 0.29) is 5.69 Å². The molecule has 0 bridgehead atoms. The number of carbonyl (C=O) groups excluding carboxylic acids is 1. The highest BCUT2D eigenvalue weighted by atomic mass is 35.5. The largest absolute Gasteiger partial charge is 0.468 e. The number of hydrogen-bond acceptors (Lipinski definition) is 5. The quantitative estimate of drug-likeness (QED) is 0.651. The Kier molecular flexibility index (Phi) is 5.54. The van der Waals surface area contributed by atoms with E-state index < -0.39 is 44.3 Å². The second-order valence-corrected chi connectivity index (χ2v) is 6.80. The van der Waals surface area contributed by atoms with Gasteiger partial charge in [0.05, 0.1) is 12.1 Å². The highest BCUT2D eigenvalue weighted by Crippen LogP contribution is 2.28. The number of rotatable bonds is 5. The molecule has 0 aromatic heterocycles. The summed E-state index contributed by atoms with van der Waals surface area (Å²) < 4.78 is 44.3. The summed E-state index contributed by atoms with van der Waals surface area (Å²) in [6.45, 7) is 2.56. The van der Waals surface area contributed by atoms with E-state index in [4.69, 9.17) is 17.3 Å². The summed E-state index contributed by atoms with van der Waals surface area (Å²) in [5.41, 5.74) is 5.50. The smallest absolute Gasteiger partial charge is 0.321 e. The Balaban J connectivity index is 3.40. The van der Waals surface area contributed by atoms with Crippen LogP contribution in [0.2, 0.25) is 5.02 Å². The summed E-state index contributed by atoms with van der Waals surface area (Å²) in [7, 11) is -3.16. The normalized spacial score (nSPS) is 12.0. The average Bonchev–Trinajstić information content (AvgIpc) is 2.38. The summed E-state index contributed by atoms with van der Waals surface area (Å²) in [6.07, 6.45) is 0. The standard InChI is InChI=1S/C12H16ClFN2O4S/c1-7(2)16(6-11(17)20-3)21(18,19)10-5-8(15)4-9(13)12(10)14/h4-5,7H,6,15H2,1-3H3. The zero-order valence-electron chi connectivity index (χ0n) is 11.8.